The Hall–Kier alpha value is -2.04. The van der Waals surface area contributed by atoms with E-state index in [1.165, 1.54) is 0 Å². The number of ether oxygens (including phenoxy) is 1. The average molecular weight is 290 g/mol. The molecule has 0 saturated heterocycles. The van der Waals surface area contributed by atoms with E-state index in [1.807, 2.05) is 13.8 Å². The lowest BCUT2D eigenvalue weighted by Gasteiger charge is -2.18. The zero-order valence-electron chi connectivity index (χ0n) is 12.7. The highest BCUT2D eigenvalue weighted by atomic mass is 16.5. The molecule has 2 amide bonds. The van der Waals surface area contributed by atoms with Crippen LogP contribution >= 0.6 is 0 Å². The van der Waals surface area contributed by atoms with Gasteiger partial charge < -0.3 is 15.4 Å². The van der Waals surface area contributed by atoms with Gasteiger partial charge in [-0.2, -0.15) is 0 Å². The van der Waals surface area contributed by atoms with Crippen LogP contribution in [0.3, 0.4) is 0 Å². The van der Waals surface area contributed by atoms with Gasteiger partial charge in [-0.25, -0.2) is 0 Å². The van der Waals surface area contributed by atoms with Crippen LogP contribution < -0.4 is 15.4 Å². The van der Waals surface area contributed by atoms with Crippen molar-refractivity contribution in [2.45, 2.75) is 39.2 Å². The second kappa shape index (κ2) is 6.16. The van der Waals surface area contributed by atoms with Crippen molar-refractivity contribution >= 4 is 17.5 Å². The topological polar surface area (TPSA) is 67.4 Å². The Balaban J connectivity index is 2.03. The molecule has 1 fully saturated rings. The third kappa shape index (κ3) is 3.35. The molecule has 1 aromatic rings. The SMILES string of the molecule is CCC(C)NC(=O)C1(C(=O)Nc2cccc(OC)c2)CC1. The first-order chi connectivity index (χ1) is 10.0. The van der Waals surface area contributed by atoms with Crippen LogP contribution in [0.5, 0.6) is 5.75 Å². The number of carbonyl (C=O) groups excluding carboxylic acids is 2. The highest BCUT2D eigenvalue weighted by Gasteiger charge is 2.56. The van der Waals surface area contributed by atoms with Crippen molar-refractivity contribution in [1.82, 2.24) is 5.32 Å². The van der Waals surface area contributed by atoms with Crippen molar-refractivity contribution in [3.63, 3.8) is 0 Å². The maximum absolute atomic E-state index is 12.4. The number of nitrogens with one attached hydrogen (secondary N) is 2. The van der Waals surface area contributed by atoms with Crippen LogP contribution in [-0.4, -0.2) is 25.0 Å². The van der Waals surface area contributed by atoms with Crippen LogP contribution in [0.4, 0.5) is 5.69 Å². The van der Waals surface area contributed by atoms with Gasteiger partial charge in [0, 0.05) is 17.8 Å². The molecule has 1 saturated carbocycles. The molecule has 1 aliphatic rings. The molecule has 0 heterocycles. The average Bonchev–Trinajstić information content (AvgIpc) is 3.29. The second-order valence-corrected chi connectivity index (χ2v) is 5.55. The molecular formula is C16H22N2O3. The Morgan fingerprint density at radius 2 is 2.05 bits per heavy atom. The fourth-order valence-electron chi connectivity index (χ4n) is 2.10. The van der Waals surface area contributed by atoms with Gasteiger partial charge in [0.05, 0.1) is 7.11 Å². The van der Waals surface area contributed by atoms with Gasteiger partial charge in [0.15, 0.2) is 0 Å². The van der Waals surface area contributed by atoms with Gasteiger partial charge in [0.25, 0.3) is 0 Å². The Bertz CT molecular complexity index is 538. The molecule has 2 rings (SSSR count). The van der Waals surface area contributed by atoms with Crippen molar-refractivity contribution in [2.24, 2.45) is 5.41 Å². The first-order valence-electron chi connectivity index (χ1n) is 7.28. The Kier molecular flexibility index (Phi) is 4.50. The number of hydrogen-bond donors (Lipinski definition) is 2. The van der Waals surface area contributed by atoms with Gasteiger partial charge in [-0.3, -0.25) is 9.59 Å². The zero-order chi connectivity index (χ0) is 15.5. The molecule has 114 valence electrons. The number of carbonyl (C=O) groups is 2. The van der Waals surface area contributed by atoms with Crippen LogP contribution in [-0.2, 0) is 9.59 Å². The molecule has 1 aromatic carbocycles. The summed E-state index contributed by atoms with van der Waals surface area (Å²) in [6.45, 7) is 3.94. The number of methoxy groups -OCH3 is 1. The molecule has 1 aliphatic carbocycles. The molecule has 0 radical (unpaired) electrons. The predicted molar refractivity (Wildman–Crippen MR) is 81.2 cm³/mol. The van der Waals surface area contributed by atoms with E-state index in [0.29, 0.717) is 24.3 Å². The molecule has 2 N–H and O–H groups in total. The summed E-state index contributed by atoms with van der Waals surface area (Å²) in [6, 6.07) is 7.20. The monoisotopic (exact) mass is 290 g/mol. The van der Waals surface area contributed by atoms with Crippen LogP contribution in [0.25, 0.3) is 0 Å². The molecule has 0 aliphatic heterocycles. The molecule has 5 heteroatoms. The minimum absolute atomic E-state index is 0.0830. The third-order valence-corrected chi connectivity index (χ3v) is 3.94. The number of amides is 2. The maximum atomic E-state index is 12.4. The maximum Gasteiger partial charge on any atom is 0.240 e. The highest BCUT2D eigenvalue weighted by Crippen LogP contribution is 2.47. The zero-order valence-corrected chi connectivity index (χ0v) is 12.7. The molecule has 5 nitrogen and oxygen atoms in total. The van der Waals surface area contributed by atoms with Gasteiger partial charge >= 0.3 is 0 Å². The first kappa shape index (κ1) is 15.4. The smallest absolute Gasteiger partial charge is 0.240 e. The molecule has 0 bridgehead atoms. The van der Waals surface area contributed by atoms with E-state index in [0.717, 1.165) is 6.42 Å². The fraction of sp³-hybridized carbons (Fsp3) is 0.500. The minimum atomic E-state index is -0.896. The standard InChI is InChI=1S/C16H22N2O3/c1-4-11(2)17-14(19)16(8-9-16)15(20)18-12-6-5-7-13(10-12)21-3/h5-7,10-11H,4,8-9H2,1-3H3,(H,17,19)(H,18,20). The molecule has 0 spiro atoms. The van der Waals surface area contributed by atoms with E-state index in [9.17, 15) is 9.59 Å². The van der Waals surface area contributed by atoms with Crippen molar-refractivity contribution in [2.75, 3.05) is 12.4 Å². The quantitative estimate of drug-likeness (QED) is 0.790. The molecular weight excluding hydrogens is 268 g/mol. The van der Waals surface area contributed by atoms with E-state index in [-0.39, 0.29) is 17.9 Å². The van der Waals surface area contributed by atoms with Gasteiger partial charge in [0.2, 0.25) is 11.8 Å². The summed E-state index contributed by atoms with van der Waals surface area (Å²) in [4.78, 5) is 24.6. The van der Waals surface area contributed by atoms with Crippen molar-refractivity contribution in [3.05, 3.63) is 24.3 Å². The largest absolute Gasteiger partial charge is 0.497 e. The normalized spacial score (nSPS) is 16.7. The third-order valence-electron chi connectivity index (χ3n) is 3.94. The van der Waals surface area contributed by atoms with Crippen LogP contribution in [0.15, 0.2) is 24.3 Å². The molecule has 1 atom stereocenters. The number of benzene rings is 1. The van der Waals surface area contributed by atoms with Crippen LogP contribution in [0.2, 0.25) is 0 Å². The van der Waals surface area contributed by atoms with E-state index in [4.69, 9.17) is 4.74 Å². The summed E-state index contributed by atoms with van der Waals surface area (Å²) < 4.78 is 5.12. The summed E-state index contributed by atoms with van der Waals surface area (Å²) in [7, 11) is 1.57. The summed E-state index contributed by atoms with van der Waals surface area (Å²) in [5.41, 5.74) is -0.256. The fourth-order valence-corrected chi connectivity index (χ4v) is 2.10. The molecule has 1 unspecified atom stereocenters. The summed E-state index contributed by atoms with van der Waals surface area (Å²) in [5, 5.41) is 5.71. The lowest BCUT2D eigenvalue weighted by molar-refractivity contribution is -0.134. The summed E-state index contributed by atoms with van der Waals surface area (Å²) >= 11 is 0. The van der Waals surface area contributed by atoms with E-state index in [2.05, 4.69) is 10.6 Å². The van der Waals surface area contributed by atoms with E-state index in [1.54, 1.807) is 31.4 Å². The highest BCUT2D eigenvalue weighted by molar-refractivity contribution is 6.13. The Morgan fingerprint density at radius 3 is 2.62 bits per heavy atom. The van der Waals surface area contributed by atoms with Crippen molar-refractivity contribution in [3.8, 4) is 5.75 Å². The van der Waals surface area contributed by atoms with E-state index >= 15 is 0 Å². The molecule has 21 heavy (non-hydrogen) atoms. The van der Waals surface area contributed by atoms with Gasteiger partial charge in [-0.1, -0.05) is 13.0 Å². The second-order valence-electron chi connectivity index (χ2n) is 5.55. The van der Waals surface area contributed by atoms with E-state index < -0.39 is 5.41 Å². The summed E-state index contributed by atoms with van der Waals surface area (Å²) in [5.74, 6) is 0.260. The number of rotatable bonds is 6. The van der Waals surface area contributed by atoms with Crippen LogP contribution in [0.1, 0.15) is 33.1 Å². The van der Waals surface area contributed by atoms with Gasteiger partial charge in [-0.05, 0) is 38.3 Å². The lowest BCUT2D eigenvalue weighted by atomic mass is 10.0. The predicted octanol–water partition coefficient (Wildman–Crippen LogP) is 2.33. The van der Waals surface area contributed by atoms with Gasteiger partial charge in [0.1, 0.15) is 11.2 Å². The Labute approximate surface area is 125 Å². The number of anilines is 1. The lowest BCUT2D eigenvalue weighted by Crippen LogP contribution is -2.43. The van der Waals surface area contributed by atoms with Crippen LogP contribution in [0, 0.1) is 5.41 Å². The Morgan fingerprint density at radius 1 is 1.33 bits per heavy atom. The number of hydrogen-bond acceptors (Lipinski definition) is 3. The minimum Gasteiger partial charge on any atom is -0.497 e. The van der Waals surface area contributed by atoms with Crippen molar-refractivity contribution < 1.29 is 14.3 Å². The molecule has 0 aromatic heterocycles. The van der Waals surface area contributed by atoms with Gasteiger partial charge in [-0.15, -0.1) is 0 Å². The van der Waals surface area contributed by atoms with Crippen molar-refractivity contribution in [1.29, 1.82) is 0 Å². The first-order valence-corrected chi connectivity index (χ1v) is 7.28. The summed E-state index contributed by atoms with van der Waals surface area (Å²) in [6.07, 6.45) is 2.05.